The first kappa shape index (κ1) is 10.9. The molecule has 0 rings (SSSR count). The summed E-state index contributed by atoms with van der Waals surface area (Å²) in [6, 6.07) is -1.02. The Morgan fingerprint density at radius 1 is 1.67 bits per heavy atom. The summed E-state index contributed by atoms with van der Waals surface area (Å²) >= 11 is 0. The lowest BCUT2D eigenvalue weighted by Gasteiger charge is -2.08. The highest BCUT2D eigenvalue weighted by molar-refractivity contribution is 5.85. The fraction of sp³-hybridized carbons (Fsp3) is 0.667. The number of hydrogen-bond donors (Lipinski definition) is 3. The molecule has 4 N–H and O–H groups in total. The van der Waals surface area contributed by atoms with Gasteiger partial charge >= 0.3 is 5.97 Å². The van der Waals surface area contributed by atoms with E-state index in [1.807, 2.05) is 0 Å². The number of carboxylic acid groups (broad SMARTS) is 1. The van der Waals surface area contributed by atoms with Gasteiger partial charge in [0.05, 0.1) is 12.5 Å². The van der Waals surface area contributed by atoms with Gasteiger partial charge < -0.3 is 20.9 Å². The molecule has 6 nitrogen and oxygen atoms in total. The molecule has 6 heteroatoms. The number of carbonyl (C=O) groups excluding carboxylic acids is 1. The van der Waals surface area contributed by atoms with Gasteiger partial charge in [0.1, 0.15) is 6.73 Å². The van der Waals surface area contributed by atoms with Crippen LogP contribution >= 0.6 is 0 Å². The molecule has 0 radical (unpaired) electrons. The van der Waals surface area contributed by atoms with E-state index in [-0.39, 0.29) is 13.2 Å². The number of carboxylic acids is 1. The molecule has 0 fully saturated rings. The fourth-order valence-corrected chi connectivity index (χ4v) is 0.555. The molecule has 0 bridgehead atoms. The minimum absolute atomic E-state index is 0.0339. The third kappa shape index (κ3) is 4.64. The molecule has 0 aliphatic carbocycles. The Labute approximate surface area is 69.7 Å². The van der Waals surface area contributed by atoms with Crippen LogP contribution in [-0.2, 0) is 14.3 Å². The van der Waals surface area contributed by atoms with Crippen molar-refractivity contribution in [3.8, 4) is 0 Å². The van der Waals surface area contributed by atoms with Crippen LogP contribution in [0.4, 0.5) is 0 Å². The van der Waals surface area contributed by atoms with E-state index in [0.717, 1.165) is 0 Å². The molecule has 12 heavy (non-hydrogen) atoms. The Kier molecular flexibility index (Phi) is 4.98. The lowest BCUT2D eigenvalue weighted by molar-refractivity contribution is -0.139. The second kappa shape index (κ2) is 5.50. The zero-order chi connectivity index (χ0) is 9.56. The second-order valence-corrected chi connectivity index (χ2v) is 2.18. The number of ether oxygens (including phenoxy) is 1. The van der Waals surface area contributed by atoms with Gasteiger partial charge in [-0.25, -0.2) is 0 Å². The predicted octanol–water partition coefficient (Wildman–Crippen LogP) is -1.49. The minimum Gasteiger partial charge on any atom is -0.481 e. The molecule has 70 valence electrons. The molecule has 0 aliphatic rings. The second-order valence-electron chi connectivity index (χ2n) is 2.18. The molecule has 0 aromatic heterocycles. The van der Waals surface area contributed by atoms with Crippen molar-refractivity contribution in [3.63, 3.8) is 0 Å². The van der Waals surface area contributed by atoms with Crippen molar-refractivity contribution >= 4 is 11.9 Å². The Morgan fingerprint density at radius 3 is 2.67 bits per heavy atom. The van der Waals surface area contributed by atoms with Crippen LogP contribution in [0.5, 0.6) is 0 Å². The van der Waals surface area contributed by atoms with Gasteiger partial charge in [0.2, 0.25) is 5.91 Å². The van der Waals surface area contributed by atoms with Gasteiger partial charge in [-0.05, 0) is 0 Å². The van der Waals surface area contributed by atoms with E-state index in [1.165, 1.54) is 7.11 Å². The van der Waals surface area contributed by atoms with Crippen molar-refractivity contribution in [3.05, 3.63) is 0 Å². The Morgan fingerprint density at radius 2 is 2.25 bits per heavy atom. The van der Waals surface area contributed by atoms with E-state index >= 15 is 0 Å². The van der Waals surface area contributed by atoms with E-state index in [2.05, 4.69) is 10.1 Å². The van der Waals surface area contributed by atoms with Gasteiger partial charge in [-0.1, -0.05) is 0 Å². The highest BCUT2D eigenvalue weighted by atomic mass is 16.5. The zero-order valence-corrected chi connectivity index (χ0v) is 6.74. The van der Waals surface area contributed by atoms with Gasteiger partial charge in [-0.3, -0.25) is 9.59 Å². The van der Waals surface area contributed by atoms with E-state index in [0.29, 0.717) is 0 Å². The van der Waals surface area contributed by atoms with E-state index < -0.39 is 17.9 Å². The molecular weight excluding hydrogens is 164 g/mol. The van der Waals surface area contributed by atoms with Crippen molar-refractivity contribution < 1.29 is 19.4 Å². The van der Waals surface area contributed by atoms with Crippen LogP contribution in [0.2, 0.25) is 0 Å². The molecule has 0 unspecified atom stereocenters. The van der Waals surface area contributed by atoms with Gasteiger partial charge in [0, 0.05) is 7.11 Å². The molecule has 1 amide bonds. The standard InChI is InChI=1S/C6H12N2O4/c1-12-3-8-6(11)4(7)2-5(9)10/h4H,2-3,7H2,1H3,(H,8,11)(H,9,10)/t4-/m0/s1. The van der Waals surface area contributed by atoms with E-state index in [1.54, 1.807) is 0 Å². The summed E-state index contributed by atoms with van der Waals surface area (Å²) in [6.45, 7) is 0.0339. The van der Waals surface area contributed by atoms with Crippen molar-refractivity contribution in [2.45, 2.75) is 12.5 Å². The summed E-state index contributed by atoms with van der Waals surface area (Å²) in [6.07, 6.45) is -0.379. The Bertz CT molecular complexity index is 171. The van der Waals surface area contributed by atoms with Crippen molar-refractivity contribution in [1.82, 2.24) is 5.32 Å². The normalized spacial score (nSPS) is 12.2. The Hall–Kier alpha value is -1.14. The first-order chi connectivity index (χ1) is 5.57. The lowest BCUT2D eigenvalue weighted by atomic mass is 10.2. The summed E-state index contributed by atoms with van der Waals surface area (Å²) in [5, 5.41) is 10.6. The van der Waals surface area contributed by atoms with Crippen molar-refractivity contribution in [1.29, 1.82) is 0 Å². The highest BCUT2D eigenvalue weighted by Gasteiger charge is 2.15. The van der Waals surface area contributed by atoms with Crippen LogP contribution in [-0.4, -0.2) is 36.9 Å². The smallest absolute Gasteiger partial charge is 0.305 e. The number of nitrogens with two attached hydrogens (primary N) is 1. The summed E-state index contributed by atoms with van der Waals surface area (Å²) < 4.78 is 4.53. The quantitative estimate of drug-likeness (QED) is 0.443. The molecule has 0 aromatic rings. The number of carbonyl (C=O) groups is 2. The number of nitrogens with one attached hydrogen (secondary N) is 1. The molecule has 0 aromatic carbocycles. The topological polar surface area (TPSA) is 102 Å². The first-order valence-electron chi connectivity index (χ1n) is 3.32. The van der Waals surface area contributed by atoms with Gasteiger partial charge in [0.15, 0.2) is 0 Å². The summed E-state index contributed by atoms with van der Waals surface area (Å²) in [4.78, 5) is 21.0. The SMILES string of the molecule is COCNC(=O)[C@@H](N)CC(=O)O. The summed E-state index contributed by atoms with van der Waals surface area (Å²) in [7, 11) is 1.41. The first-order valence-corrected chi connectivity index (χ1v) is 3.32. The number of aliphatic carboxylic acids is 1. The maximum Gasteiger partial charge on any atom is 0.305 e. The Balaban J connectivity index is 3.69. The molecule has 1 atom stereocenters. The molecular formula is C6H12N2O4. The monoisotopic (exact) mass is 176 g/mol. The number of amides is 1. The number of hydrogen-bond acceptors (Lipinski definition) is 4. The van der Waals surface area contributed by atoms with Crippen LogP contribution in [0, 0.1) is 0 Å². The van der Waals surface area contributed by atoms with E-state index in [9.17, 15) is 9.59 Å². The van der Waals surface area contributed by atoms with Gasteiger partial charge in [-0.15, -0.1) is 0 Å². The van der Waals surface area contributed by atoms with Gasteiger partial charge in [0.25, 0.3) is 0 Å². The van der Waals surface area contributed by atoms with Crippen LogP contribution < -0.4 is 11.1 Å². The van der Waals surface area contributed by atoms with Crippen LogP contribution in [0.3, 0.4) is 0 Å². The van der Waals surface area contributed by atoms with Crippen LogP contribution in [0.25, 0.3) is 0 Å². The summed E-state index contributed by atoms with van der Waals surface area (Å²) in [5.41, 5.74) is 5.21. The zero-order valence-electron chi connectivity index (χ0n) is 6.74. The lowest BCUT2D eigenvalue weighted by Crippen LogP contribution is -2.42. The largest absolute Gasteiger partial charge is 0.481 e. The molecule has 0 heterocycles. The average Bonchev–Trinajstić information content (AvgIpc) is 1.98. The fourth-order valence-electron chi connectivity index (χ4n) is 0.555. The molecule has 0 aliphatic heterocycles. The maximum absolute atomic E-state index is 10.9. The molecule has 0 saturated heterocycles. The molecule has 0 spiro atoms. The third-order valence-electron chi connectivity index (χ3n) is 1.12. The summed E-state index contributed by atoms with van der Waals surface area (Å²) in [5.74, 6) is -1.63. The van der Waals surface area contributed by atoms with Crippen LogP contribution in [0.15, 0.2) is 0 Å². The average molecular weight is 176 g/mol. The number of rotatable bonds is 5. The maximum atomic E-state index is 10.9. The van der Waals surface area contributed by atoms with Crippen molar-refractivity contribution in [2.24, 2.45) is 5.73 Å². The molecule has 0 saturated carbocycles. The van der Waals surface area contributed by atoms with Gasteiger partial charge in [-0.2, -0.15) is 0 Å². The van der Waals surface area contributed by atoms with Crippen LogP contribution in [0.1, 0.15) is 6.42 Å². The number of methoxy groups -OCH3 is 1. The highest BCUT2D eigenvalue weighted by Crippen LogP contribution is 1.87. The minimum atomic E-state index is -1.10. The van der Waals surface area contributed by atoms with Crippen molar-refractivity contribution in [2.75, 3.05) is 13.8 Å². The third-order valence-corrected chi connectivity index (χ3v) is 1.12. The predicted molar refractivity (Wildman–Crippen MR) is 40.2 cm³/mol. The van der Waals surface area contributed by atoms with E-state index in [4.69, 9.17) is 10.8 Å².